The highest BCUT2D eigenvalue weighted by molar-refractivity contribution is 5.37. The Kier molecular flexibility index (Phi) is 4.97. The maximum atomic E-state index is 4.50. The summed E-state index contributed by atoms with van der Waals surface area (Å²) in [7, 11) is 4.22. The van der Waals surface area contributed by atoms with Crippen molar-refractivity contribution >= 4 is 5.82 Å². The lowest BCUT2D eigenvalue weighted by atomic mass is 9.88. The van der Waals surface area contributed by atoms with Gasteiger partial charge in [-0.05, 0) is 36.6 Å². The van der Waals surface area contributed by atoms with Crippen molar-refractivity contribution in [1.82, 2.24) is 9.88 Å². The van der Waals surface area contributed by atoms with Gasteiger partial charge in [-0.15, -0.1) is 0 Å². The van der Waals surface area contributed by atoms with Crippen molar-refractivity contribution in [2.75, 3.05) is 32.5 Å². The first-order valence-corrected chi connectivity index (χ1v) is 6.95. The smallest absolute Gasteiger partial charge is 0.125 e. The molecule has 0 saturated carbocycles. The quantitative estimate of drug-likeness (QED) is 0.882. The Morgan fingerprint density at radius 2 is 1.74 bits per heavy atom. The van der Waals surface area contributed by atoms with Crippen LogP contribution in [0.3, 0.4) is 0 Å². The van der Waals surface area contributed by atoms with E-state index < -0.39 is 0 Å². The average molecular weight is 263 g/mol. The molecule has 0 aromatic carbocycles. The summed E-state index contributed by atoms with van der Waals surface area (Å²) in [6, 6.07) is 4.24. The van der Waals surface area contributed by atoms with Crippen LogP contribution in [0.4, 0.5) is 5.82 Å². The van der Waals surface area contributed by atoms with Crippen molar-refractivity contribution in [3.05, 3.63) is 23.9 Å². The molecule has 0 spiro atoms. The van der Waals surface area contributed by atoms with Gasteiger partial charge in [-0.25, -0.2) is 4.98 Å². The molecule has 1 N–H and O–H groups in total. The van der Waals surface area contributed by atoms with Crippen LogP contribution >= 0.6 is 0 Å². The van der Waals surface area contributed by atoms with E-state index in [1.807, 2.05) is 6.20 Å². The topological polar surface area (TPSA) is 28.2 Å². The minimum absolute atomic E-state index is 0.162. The predicted molar refractivity (Wildman–Crippen MR) is 83.8 cm³/mol. The van der Waals surface area contributed by atoms with Crippen molar-refractivity contribution in [3.8, 4) is 0 Å². The highest BCUT2D eigenvalue weighted by Gasteiger charge is 2.19. The van der Waals surface area contributed by atoms with Crippen LogP contribution < -0.4 is 5.32 Å². The van der Waals surface area contributed by atoms with Gasteiger partial charge >= 0.3 is 0 Å². The van der Waals surface area contributed by atoms with Crippen LogP contribution in [-0.2, 0) is 5.41 Å². The lowest BCUT2D eigenvalue weighted by Gasteiger charge is -2.28. The number of hydrogen-bond donors (Lipinski definition) is 1. The summed E-state index contributed by atoms with van der Waals surface area (Å²) in [5.41, 5.74) is 1.66. The minimum Gasteiger partial charge on any atom is -0.369 e. The number of nitrogens with one attached hydrogen (secondary N) is 1. The van der Waals surface area contributed by atoms with E-state index >= 15 is 0 Å². The van der Waals surface area contributed by atoms with Gasteiger partial charge in [0, 0.05) is 19.3 Å². The van der Waals surface area contributed by atoms with Gasteiger partial charge in [-0.3, -0.25) is 0 Å². The molecule has 108 valence electrons. The molecule has 3 heteroatoms. The zero-order valence-electron chi connectivity index (χ0n) is 13.5. The molecule has 0 aliphatic carbocycles. The highest BCUT2D eigenvalue weighted by Crippen LogP contribution is 2.22. The number of nitrogens with zero attached hydrogens (tertiary/aromatic N) is 2. The number of rotatable bonds is 5. The zero-order valence-corrected chi connectivity index (χ0v) is 13.5. The second-order valence-corrected chi connectivity index (χ2v) is 7.44. The van der Waals surface area contributed by atoms with E-state index in [0.717, 1.165) is 18.9 Å². The molecule has 0 unspecified atom stereocenters. The van der Waals surface area contributed by atoms with Crippen LogP contribution in [0.25, 0.3) is 0 Å². The van der Waals surface area contributed by atoms with E-state index in [1.54, 1.807) is 0 Å². The molecular formula is C16H29N3. The van der Waals surface area contributed by atoms with Crippen LogP contribution in [0.2, 0.25) is 0 Å². The number of hydrogen-bond acceptors (Lipinski definition) is 3. The molecule has 1 rings (SSSR count). The van der Waals surface area contributed by atoms with E-state index in [1.165, 1.54) is 5.56 Å². The van der Waals surface area contributed by atoms with Crippen LogP contribution in [0.1, 0.15) is 40.2 Å². The normalized spacial score (nSPS) is 12.8. The first-order chi connectivity index (χ1) is 8.60. The lowest BCUT2D eigenvalue weighted by Crippen LogP contribution is -2.34. The SMILES string of the molecule is CN(C)CC(C)(C)CNc1ccc(C(C)(C)C)cn1. The molecule has 1 aromatic heterocycles. The molecule has 3 nitrogen and oxygen atoms in total. The molecule has 19 heavy (non-hydrogen) atoms. The Balaban J connectivity index is 2.59. The Hall–Kier alpha value is -1.09. The highest BCUT2D eigenvalue weighted by atomic mass is 15.1. The summed E-state index contributed by atoms with van der Waals surface area (Å²) in [4.78, 5) is 6.72. The third kappa shape index (κ3) is 5.60. The Bertz CT molecular complexity index is 385. The first kappa shape index (κ1) is 16.0. The molecule has 0 amide bonds. The van der Waals surface area contributed by atoms with Crippen LogP contribution in [0, 0.1) is 5.41 Å². The Labute approximate surface area is 118 Å². The Morgan fingerprint density at radius 3 is 2.16 bits per heavy atom. The van der Waals surface area contributed by atoms with E-state index in [-0.39, 0.29) is 10.8 Å². The molecule has 0 radical (unpaired) electrons. The van der Waals surface area contributed by atoms with Crippen LogP contribution in [0.5, 0.6) is 0 Å². The van der Waals surface area contributed by atoms with E-state index in [2.05, 4.69) is 76.0 Å². The van der Waals surface area contributed by atoms with Gasteiger partial charge in [0.1, 0.15) is 5.82 Å². The van der Waals surface area contributed by atoms with Crippen LogP contribution in [0.15, 0.2) is 18.3 Å². The maximum Gasteiger partial charge on any atom is 0.125 e. The summed E-state index contributed by atoms with van der Waals surface area (Å²) in [5, 5.41) is 3.43. The summed E-state index contributed by atoms with van der Waals surface area (Å²) in [6.07, 6.45) is 1.97. The summed E-state index contributed by atoms with van der Waals surface area (Å²) >= 11 is 0. The van der Waals surface area contributed by atoms with Gasteiger partial charge in [0.05, 0.1) is 0 Å². The number of aromatic nitrogens is 1. The summed E-state index contributed by atoms with van der Waals surface area (Å²) in [6.45, 7) is 13.1. The van der Waals surface area contributed by atoms with Gasteiger partial charge < -0.3 is 10.2 Å². The molecule has 1 heterocycles. The standard InChI is InChI=1S/C16H29N3/c1-15(2,3)13-8-9-14(17-10-13)18-11-16(4,5)12-19(6)7/h8-10H,11-12H2,1-7H3,(H,17,18). The molecular weight excluding hydrogens is 234 g/mol. The zero-order chi connectivity index (χ0) is 14.7. The molecule has 1 aromatic rings. The molecule has 0 saturated heterocycles. The fourth-order valence-corrected chi connectivity index (χ4v) is 2.18. The van der Waals surface area contributed by atoms with E-state index in [4.69, 9.17) is 0 Å². The largest absolute Gasteiger partial charge is 0.369 e. The third-order valence-electron chi connectivity index (χ3n) is 3.12. The molecule has 0 aliphatic rings. The fraction of sp³-hybridized carbons (Fsp3) is 0.688. The fourth-order valence-electron chi connectivity index (χ4n) is 2.18. The van der Waals surface area contributed by atoms with E-state index in [0.29, 0.717) is 0 Å². The number of anilines is 1. The van der Waals surface area contributed by atoms with Gasteiger partial charge in [0.15, 0.2) is 0 Å². The van der Waals surface area contributed by atoms with Gasteiger partial charge in [0.2, 0.25) is 0 Å². The minimum atomic E-state index is 0.162. The molecule has 0 aliphatic heterocycles. The summed E-state index contributed by atoms with van der Waals surface area (Å²) < 4.78 is 0. The van der Waals surface area contributed by atoms with Crippen molar-refractivity contribution in [2.24, 2.45) is 5.41 Å². The van der Waals surface area contributed by atoms with Crippen LogP contribution in [-0.4, -0.2) is 37.1 Å². The van der Waals surface area contributed by atoms with E-state index in [9.17, 15) is 0 Å². The maximum absolute atomic E-state index is 4.50. The third-order valence-corrected chi connectivity index (χ3v) is 3.12. The Morgan fingerprint density at radius 1 is 1.11 bits per heavy atom. The van der Waals surface area contributed by atoms with Gasteiger partial charge in [-0.2, -0.15) is 0 Å². The first-order valence-electron chi connectivity index (χ1n) is 6.95. The van der Waals surface area contributed by atoms with Crippen molar-refractivity contribution in [1.29, 1.82) is 0 Å². The molecule has 0 atom stereocenters. The van der Waals surface area contributed by atoms with Gasteiger partial charge in [-0.1, -0.05) is 40.7 Å². The second kappa shape index (κ2) is 5.91. The molecule has 0 bridgehead atoms. The van der Waals surface area contributed by atoms with Gasteiger partial charge in [0.25, 0.3) is 0 Å². The number of pyridine rings is 1. The second-order valence-electron chi connectivity index (χ2n) is 7.44. The van der Waals surface area contributed by atoms with Crippen molar-refractivity contribution in [3.63, 3.8) is 0 Å². The molecule has 0 fully saturated rings. The summed E-state index contributed by atoms with van der Waals surface area (Å²) in [5.74, 6) is 0.958. The average Bonchev–Trinajstić information content (AvgIpc) is 2.24. The van der Waals surface area contributed by atoms with Crippen molar-refractivity contribution in [2.45, 2.75) is 40.0 Å². The monoisotopic (exact) mass is 263 g/mol. The van der Waals surface area contributed by atoms with Crippen molar-refractivity contribution < 1.29 is 0 Å². The lowest BCUT2D eigenvalue weighted by molar-refractivity contribution is 0.254. The predicted octanol–water partition coefficient (Wildman–Crippen LogP) is 3.38.